The fourth-order valence-corrected chi connectivity index (χ4v) is 2.29. The quantitative estimate of drug-likeness (QED) is 0.867. The number of carbonyl (C=O) groups is 1. The van der Waals surface area contributed by atoms with Gasteiger partial charge < -0.3 is 10.2 Å². The van der Waals surface area contributed by atoms with Crippen molar-refractivity contribution in [3.8, 4) is 5.75 Å². The second-order valence-electron chi connectivity index (χ2n) is 4.34. The lowest BCUT2D eigenvalue weighted by atomic mass is 10.1. The zero-order valence-corrected chi connectivity index (χ0v) is 10.0. The van der Waals surface area contributed by atoms with Gasteiger partial charge in [-0.15, -0.1) is 0 Å². The van der Waals surface area contributed by atoms with Crippen LogP contribution in [0.4, 0.5) is 0 Å². The molecule has 1 atom stereocenters. The Balaban J connectivity index is 1.98. The maximum Gasteiger partial charge on any atom is 0.307 e. The van der Waals surface area contributed by atoms with Crippen molar-refractivity contribution in [3.63, 3.8) is 0 Å². The Morgan fingerprint density at radius 1 is 1.53 bits per heavy atom. The molecule has 0 saturated carbocycles. The van der Waals surface area contributed by atoms with Crippen molar-refractivity contribution in [3.05, 3.63) is 28.8 Å². The lowest BCUT2D eigenvalue weighted by Gasteiger charge is -2.15. The summed E-state index contributed by atoms with van der Waals surface area (Å²) in [5.74, 6) is -0.918. The van der Waals surface area contributed by atoms with Crippen LogP contribution in [0.2, 0.25) is 5.02 Å². The molecule has 1 heterocycles. The number of hydrogen-bond donors (Lipinski definition) is 2. The average molecular weight is 256 g/mol. The summed E-state index contributed by atoms with van der Waals surface area (Å²) in [6.45, 7) is 2.03. The number of carboxylic acid groups (broad SMARTS) is 1. The molecule has 92 valence electrons. The molecule has 0 amide bonds. The Morgan fingerprint density at radius 2 is 2.29 bits per heavy atom. The number of aromatic hydroxyl groups is 1. The Labute approximate surface area is 104 Å². The highest BCUT2D eigenvalue weighted by Gasteiger charge is 2.27. The number of halogens is 1. The van der Waals surface area contributed by atoms with Crippen LogP contribution < -0.4 is 0 Å². The minimum absolute atomic E-state index is 0.0697. The van der Waals surface area contributed by atoms with Crippen LogP contribution in [-0.4, -0.2) is 34.2 Å². The van der Waals surface area contributed by atoms with E-state index in [0.717, 1.165) is 12.1 Å². The lowest BCUT2D eigenvalue weighted by molar-refractivity contribution is -0.141. The van der Waals surface area contributed by atoms with Gasteiger partial charge in [0.2, 0.25) is 0 Å². The molecule has 0 radical (unpaired) electrons. The number of hydrogen-bond acceptors (Lipinski definition) is 3. The topological polar surface area (TPSA) is 60.8 Å². The average Bonchev–Trinajstić information content (AvgIpc) is 2.72. The molecular weight excluding hydrogens is 242 g/mol. The van der Waals surface area contributed by atoms with Crippen LogP contribution in [0.5, 0.6) is 5.75 Å². The molecule has 1 unspecified atom stereocenters. The van der Waals surface area contributed by atoms with E-state index in [4.69, 9.17) is 16.7 Å². The Morgan fingerprint density at radius 3 is 2.88 bits per heavy atom. The van der Waals surface area contributed by atoms with E-state index in [2.05, 4.69) is 4.90 Å². The number of likely N-dealkylation sites (tertiary alicyclic amines) is 1. The van der Waals surface area contributed by atoms with E-state index in [9.17, 15) is 9.90 Å². The molecule has 1 saturated heterocycles. The number of nitrogens with zero attached hydrogens (tertiary/aromatic N) is 1. The highest BCUT2D eigenvalue weighted by atomic mass is 35.5. The zero-order chi connectivity index (χ0) is 12.4. The Bertz CT molecular complexity index is 436. The van der Waals surface area contributed by atoms with Gasteiger partial charge in [-0.05, 0) is 30.7 Å². The molecular formula is C12H14ClNO3. The summed E-state index contributed by atoms with van der Waals surface area (Å²) in [4.78, 5) is 12.9. The molecule has 0 aliphatic carbocycles. The first-order valence-corrected chi connectivity index (χ1v) is 5.86. The normalized spacial score (nSPS) is 20.6. The van der Waals surface area contributed by atoms with Crippen molar-refractivity contribution >= 4 is 17.6 Å². The monoisotopic (exact) mass is 255 g/mol. The van der Waals surface area contributed by atoms with Crippen molar-refractivity contribution in [1.29, 1.82) is 0 Å². The van der Waals surface area contributed by atoms with Gasteiger partial charge >= 0.3 is 5.97 Å². The summed E-state index contributed by atoms with van der Waals surface area (Å²) in [6.07, 6.45) is 0.696. The predicted molar refractivity (Wildman–Crippen MR) is 64.1 cm³/mol. The summed E-state index contributed by atoms with van der Waals surface area (Å²) < 4.78 is 0. The molecule has 2 N–H and O–H groups in total. The third-order valence-corrected chi connectivity index (χ3v) is 3.34. The summed E-state index contributed by atoms with van der Waals surface area (Å²) in [5.41, 5.74) is 0.985. The van der Waals surface area contributed by atoms with Crippen LogP contribution in [0.1, 0.15) is 12.0 Å². The van der Waals surface area contributed by atoms with Gasteiger partial charge in [-0.2, -0.15) is 0 Å². The van der Waals surface area contributed by atoms with Gasteiger partial charge in [0, 0.05) is 13.1 Å². The van der Waals surface area contributed by atoms with Gasteiger partial charge in [-0.25, -0.2) is 0 Å². The number of phenols is 1. The molecule has 0 aromatic heterocycles. The highest BCUT2D eigenvalue weighted by Crippen LogP contribution is 2.25. The summed E-state index contributed by atoms with van der Waals surface area (Å²) in [7, 11) is 0. The largest absolute Gasteiger partial charge is 0.506 e. The predicted octanol–water partition coefficient (Wildman–Crippen LogP) is 1.95. The van der Waals surface area contributed by atoms with Crippen molar-refractivity contribution in [1.82, 2.24) is 4.90 Å². The maximum atomic E-state index is 10.8. The first-order valence-electron chi connectivity index (χ1n) is 5.49. The third kappa shape index (κ3) is 2.90. The molecule has 1 aromatic rings. The maximum absolute atomic E-state index is 10.8. The molecule has 1 aromatic carbocycles. The van der Waals surface area contributed by atoms with Crippen LogP contribution in [0, 0.1) is 5.92 Å². The first kappa shape index (κ1) is 12.2. The number of aliphatic carboxylic acids is 1. The van der Waals surface area contributed by atoms with E-state index in [1.165, 1.54) is 0 Å². The van der Waals surface area contributed by atoms with Crippen LogP contribution in [0.3, 0.4) is 0 Å². The molecule has 1 fully saturated rings. The molecule has 1 aliphatic heterocycles. The molecule has 17 heavy (non-hydrogen) atoms. The highest BCUT2D eigenvalue weighted by molar-refractivity contribution is 6.32. The van der Waals surface area contributed by atoms with Crippen LogP contribution in [0.15, 0.2) is 18.2 Å². The van der Waals surface area contributed by atoms with Gasteiger partial charge in [-0.1, -0.05) is 17.7 Å². The molecule has 5 heteroatoms. The van der Waals surface area contributed by atoms with Crippen LogP contribution >= 0.6 is 11.6 Å². The smallest absolute Gasteiger partial charge is 0.307 e. The SMILES string of the molecule is O=C(O)C1CCN(Cc2ccc(O)c(Cl)c2)C1. The van der Waals surface area contributed by atoms with Crippen LogP contribution in [0.25, 0.3) is 0 Å². The third-order valence-electron chi connectivity index (χ3n) is 3.04. The molecule has 0 bridgehead atoms. The van der Waals surface area contributed by atoms with E-state index >= 15 is 0 Å². The minimum Gasteiger partial charge on any atom is -0.506 e. The second-order valence-corrected chi connectivity index (χ2v) is 4.75. The zero-order valence-electron chi connectivity index (χ0n) is 9.27. The summed E-state index contributed by atoms with van der Waals surface area (Å²) in [5, 5.41) is 18.5. The van der Waals surface area contributed by atoms with Gasteiger partial charge in [0.25, 0.3) is 0 Å². The van der Waals surface area contributed by atoms with Crippen molar-refractivity contribution in [2.24, 2.45) is 5.92 Å². The van der Waals surface area contributed by atoms with E-state index in [1.54, 1.807) is 18.2 Å². The van der Waals surface area contributed by atoms with Gasteiger partial charge in [0.1, 0.15) is 5.75 Å². The van der Waals surface area contributed by atoms with E-state index in [-0.39, 0.29) is 11.7 Å². The molecule has 1 aliphatic rings. The molecule has 2 rings (SSSR count). The van der Waals surface area contributed by atoms with E-state index < -0.39 is 5.97 Å². The lowest BCUT2D eigenvalue weighted by Crippen LogP contribution is -2.22. The standard InChI is InChI=1S/C12H14ClNO3/c13-10-5-8(1-2-11(10)15)6-14-4-3-9(7-14)12(16)17/h1-2,5,9,15H,3-4,6-7H2,(H,16,17). The van der Waals surface area contributed by atoms with Gasteiger partial charge in [0.15, 0.2) is 0 Å². The molecule has 4 nitrogen and oxygen atoms in total. The summed E-state index contributed by atoms with van der Waals surface area (Å²) >= 11 is 5.82. The van der Waals surface area contributed by atoms with Crippen LogP contribution in [-0.2, 0) is 11.3 Å². The minimum atomic E-state index is -0.726. The van der Waals surface area contributed by atoms with Gasteiger partial charge in [-0.3, -0.25) is 9.69 Å². The van der Waals surface area contributed by atoms with Crippen molar-refractivity contribution in [2.45, 2.75) is 13.0 Å². The number of carboxylic acids is 1. The molecule has 0 spiro atoms. The van der Waals surface area contributed by atoms with E-state index in [1.807, 2.05) is 0 Å². The fourth-order valence-electron chi connectivity index (χ4n) is 2.08. The fraction of sp³-hybridized carbons (Fsp3) is 0.417. The van der Waals surface area contributed by atoms with Crippen molar-refractivity contribution < 1.29 is 15.0 Å². The first-order chi connectivity index (χ1) is 8.06. The number of rotatable bonds is 3. The second kappa shape index (κ2) is 4.94. The summed E-state index contributed by atoms with van der Waals surface area (Å²) in [6, 6.07) is 5.07. The number of phenolic OH excluding ortho intramolecular Hbond substituents is 1. The van der Waals surface area contributed by atoms with Crippen molar-refractivity contribution in [2.75, 3.05) is 13.1 Å². The number of benzene rings is 1. The Hall–Kier alpha value is -1.26. The van der Waals surface area contributed by atoms with E-state index in [0.29, 0.717) is 24.5 Å². The van der Waals surface area contributed by atoms with Gasteiger partial charge in [0.05, 0.1) is 10.9 Å². The Kier molecular flexibility index (Phi) is 3.54.